The van der Waals surface area contributed by atoms with Crippen LogP contribution in [-0.2, 0) is 17.8 Å². The molecule has 0 aliphatic heterocycles. The summed E-state index contributed by atoms with van der Waals surface area (Å²) in [6.45, 7) is 4.20. The van der Waals surface area contributed by atoms with Crippen LogP contribution in [0.25, 0.3) is 33.2 Å². The zero-order chi connectivity index (χ0) is 22.8. The Morgan fingerprint density at radius 3 is 2.52 bits per heavy atom. The molecule has 0 saturated carbocycles. The van der Waals surface area contributed by atoms with Crippen molar-refractivity contribution in [3.8, 4) is 5.75 Å². The van der Waals surface area contributed by atoms with Gasteiger partial charge in [-0.25, -0.2) is 15.0 Å². The second kappa shape index (κ2) is 8.99. The lowest BCUT2D eigenvalue weighted by Crippen LogP contribution is -2.21. The van der Waals surface area contributed by atoms with Gasteiger partial charge in [-0.05, 0) is 31.5 Å². The van der Waals surface area contributed by atoms with E-state index in [1.807, 2.05) is 60.0 Å². The molecule has 5 rings (SSSR count). The van der Waals surface area contributed by atoms with E-state index in [1.54, 1.807) is 18.0 Å². The van der Waals surface area contributed by atoms with Crippen molar-refractivity contribution in [1.29, 1.82) is 0 Å². The van der Waals surface area contributed by atoms with Crippen LogP contribution < -0.4 is 10.3 Å². The molecule has 2 aromatic carbocycles. The highest BCUT2D eigenvalue weighted by molar-refractivity contribution is 6.04. The number of fused-ring (bicyclic) bond motifs is 4. The lowest BCUT2D eigenvalue weighted by Gasteiger charge is -2.11. The lowest BCUT2D eigenvalue weighted by molar-refractivity contribution is 0.141. The number of methoxy groups -OCH3 is 1. The molecule has 0 unspecified atom stereocenters. The second-order valence-electron chi connectivity index (χ2n) is 7.77. The van der Waals surface area contributed by atoms with Gasteiger partial charge in [0.15, 0.2) is 11.3 Å². The highest BCUT2D eigenvalue weighted by Gasteiger charge is 2.20. The topological polar surface area (TPSA) is 84.1 Å². The molecule has 3 heterocycles. The molecule has 0 radical (unpaired) electrons. The highest BCUT2D eigenvalue weighted by Crippen LogP contribution is 2.28. The molecular formula is C25H25N5O3. The van der Waals surface area contributed by atoms with Crippen molar-refractivity contribution in [3.63, 3.8) is 0 Å². The van der Waals surface area contributed by atoms with Crippen LogP contribution >= 0.6 is 0 Å². The third-order valence-electron chi connectivity index (χ3n) is 5.73. The number of aryl methyl sites for hydroxylation is 1. The van der Waals surface area contributed by atoms with Crippen LogP contribution in [0.1, 0.15) is 18.9 Å². The molecular weight excluding hydrogens is 418 g/mol. The Morgan fingerprint density at radius 2 is 1.73 bits per heavy atom. The molecule has 0 atom stereocenters. The zero-order valence-corrected chi connectivity index (χ0v) is 18.7. The fourth-order valence-electron chi connectivity index (χ4n) is 4.13. The Hall–Kier alpha value is -3.78. The molecule has 0 spiro atoms. The Labute approximate surface area is 190 Å². The van der Waals surface area contributed by atoms with Gasteiger partial charge in [0, 0.05) is 25.3 Å². The Morgan fingerprint density at radius 1 is 0.970 bits per heavy atom. The van der Waals surface area contributed by atoms with E-state index in [0.29, 0.717) is 48.5 Å². The minimum absolute atomic E-state index is 0.121. The van der Waals surface area contributed by atoms with Crippen molar-refractivity contribution in [2.45, 2.75) is 26.4 Å². The minimum Gasteiger partial charge on any atom is -0.496 e. The second-order valence-corrected chi connectivity index (χ2v) is 7.77. The smallest absolute Gasteiger partial charge is 0.265 e. The van der Waals surface area contributed by atoms with Gasteiger partial charge in [0.05, 0.1) is 31.0 Å². The normalized spacial score (nSPS) is 11.6. The van der Waals surface area contributed by atoms with Crippen molar-refractivity contribution in [2.75, 3.05) is 20.3 Å². The molecule has 0 amide bonds. The lowest BCUT2D eigenvalue weighted by atomic mass is 10.2. The molecule has 0 aliphatic rings. The molecule has 168 valence electrons. The van der Waals surface area contributed by atoms with E-state index >= 15 is 0 Å². The van der Waals surface area contributed by atoms with Gasteiger partial charge < -0.3 is 14.0 Å². The van der Waals surface area contributed by atoms with Crippen LogP contribution in [0.5, 0.6) is 5.75 Å². The molecule has 0 saturated heterocycles. The van der Waals surface area contributed by atoms with Crippen molar-refractivity contribution in [2.24, 2.45) is 0 Å². The molecule has 8 nitrogen and oxygen atoms in total. The van der Waals surface area contributed by atoms with Gasteiger partial charge in [-0.3, -0.25) is 9.36 Å². The molecule has 0 fully saturated rings. The maximum atomic E-state index is 13.5. The van der Waals surface area contributed by atoms with Crippen molar-refractivity contribution < 1.29 is 9.47 Å². The summed E-state index contributed by atoms with van der Waals surface area (Å²) in [6.07, 6.45) is 2.34. The SMILES string of the molecule is CCOCCCn1cnc2c(c1=O)c1nc3ccccc3nc1n2Cc1ccccc1OC. The molecule has 0 aliphatic carbocycles. The Kier molecular flexibility index (Phi) is 5.75. The van der Waals surface area contributed by atoms with Gasteiger partial charge in [-0.15, -0.1) is 0 Å². The summed E-state index contributed by atoms with van der Waals surface area (Å²) in [5.74, 6) is 0.769. The van der Waals surface area contributed by atoms with E-state index in [1.165, 1.54) is 0 Å². The van der Waals surface area contributed by atoms with Crippen LogP contribution in [-0.4, -0.2) is 44.4 Å². The minimum atomic E-state index is -0.121. The number of hydrogen-bond acceptors (Lipinski definition) is 6. The monoisotopic (exact) mass is 443 g/mol. The first-order chi connectivity index (χ1) is 16.2. The fraction of sp³-hybridized carbons (Fsp3) is 0.280. The number of nitrogens with zero attached hydrogens (tertiary/aromatic N) is 5. The van der Waals surface area contributed by atoms with Crippen molar-refractivity contribution in [3.05, 3.63) is 70.8 Å². The van der Waals surface area contributed by atoms with Gasteiger partial charge in [-0.2, -0.15) is 0 Å². The van der Waals surface area contributed by atoms with Gasteiger partial charge in [0.1, 0.15) is 16.7 Å². The van der Waals surface area contributed by atoms with E-state index in [2.05, 4.69) is 4.98 Å². The van der Waals surface area contributed by atoms with Crippen molar-refractivity contribution >= 4 is 33.2 Å². The average molecular weight is 444 g/mol. The third-order valence-corrected chi connectivity index (χ3v) is 5.73. The van der Waals surface area contributed by atoms with E-state index in [-0.39, 0.29) is 5.56 Å². The maximum absolute atomic E-state index is 13.5. The Balaban J connectivity index is 1.73. The quantitative estimate of drug-likeness (QED) is 0.340. The molecule has 0 N–H and O–H groups in total. The van der Waals surface area contributed by atoms with Crippen LogP contribution in [0.3, 0.4) is 0 Å². The number of hydrogen-bond donors (Lipinski definition) is 0. The van der Waals surface area contributed by atoms with Gasteiger partial charge in [0.25, 0.3) is 5.56 Å². The highest BCUT2D eigenvalue weighted by atomic mass is 16.5. The molecule has 8 heteroatoms. The molecule has 3 aromatic heterocycles. The predicted octanol–water partition coefficient (Wildman–Crippen LogP) is 3.78. The number of rotatable bonds is 8. The summed E-state index contributed by atoms with van der Waals surface area (Å²) < 4.78 is 14.5. The Bertz CT molecular complexity index is 1510. The first kappa shape index (κ1) is 21.1. The summed E-state index contributed by atoms with van der Waals surface area (Å²) in [7, 11) is 1.65. The van der Waals surface area contributed by atoms with Gasteiger partial charge in [0.2, 0.25) is 0 Å². The van der Waals surface area contributed by atoms with Crippen LogP contribution in [0, 0.1) is 0 Å². The first-order valence-corrected chi connectivity index (χ1v) is 11.0. The van der Waals surface area contributed by atoms with E-state index < -0.39 is 0 Å². The number of para-hydroxylation sites is 3. The molecule has 0 bridgehead atoms. The van der Waals surface area contributed by atoms with E-state index in [4.69, 9.17) is 19.4 Å². The van der Waals surface area contributed by atoms with E-state index in [0.717, 1.165) is 28.8 Å². The summed E-state index contributed by atoms with van der Waals surface area (Å²) in [5.41, 5.74) is 4.12. The maximum Gasteiger partial charge on any atom is 0.265 e. The fourth-order valence-corrected chi connectivity index (χ4v) is 4.13. The van der Waals surface area contributed by atoms with Crippen LogP contribution in [0.2, 0.25) is 0 Å². The standard InChI is InChI=1S/C25H25N5O3/c1-3-33-14-8-13-29-16-26-23-21(25(29)31)22-24(28-19-11-6-5-10-18(19)27-22)30(23)15-17-9-4-7-12-20(17)32-2/h4-7,9-12,16H,3,8,13-15H2,1-2H3. The van der Waals surface area contributed by atoms with Gasteiger partial charge >= 0.3 is 0 Å². The van der Waals surface area contributed by atoms with Crippen LogP contribution in [0.4, 0.5) is 0 Å². The third kappa shape index (κ3) is 3.82. The predicted molar refractivity (Wildman–Crippen MR) is 128 cm³/mol. The summed E-state index contributed by atoms with van der Waals surface area (Å²) in [4.78, 5) is 27.9. The van der Waals surface area contributed by atoms with Crippen molar-refractivity contribution in [1.82, 2.24) is 24.1 Å². The van der Waals surface area contributed by atoms with E-state index in [9.17, 15) is 4.79 Å². The average Bonchev–Trinajstić information content (AvgIpc) is 3.15. The number of aromatic nitrogens is 5. The molecule has 33 heavy (non-hydrogen) atoms. The summed E-state index contributed by atoms with van der Waals surface area (Å²) >= 11 is 0. The van der Waals surface area contributed by atoms with Crippen LogP contribution in [0.15, 0.2) is 59.7 Å². The zero-order valence-electron chi connectivity index (χ0n) is 18.7. The van der Waals surface area contributed by atoms with Gasteiger partial charge in [-0.1, -0.05) is 30.3 Å². The number of benzene rings is 2. The summed E-state index contributed by atoms with van der Waals surface area (Å²) in [5, 5.41) is 0.483. The summed E-state index contributed by atoms with van der Waals surface area (Å²) in [6, 6.07) is 15.5. The molecule has 5 aromatic rings. The largest absolute Gasteiger partial charge is 0.496 e. The first-order valence-electron chi connectivity index (χ1n) is 11.0. The number of ether oxygens (including phenoxy) is 2.